The first-order valence-corrected chi connectivity index (χ1v) is 7.67. The van der Waals surface area contributed by atoms with E-state index in [9.17, 15) is 0 Å². The summed E-state index contributed by atoms with van der Waals surface area (Å²) in [5, 5.41) is 0.808. The lowest BCUT2D eigenvalue weighted by molar-refractivity contribution is -0.111. The first-order valence-electron chi connectivity index (χ1n) is 6.55. The molecule has 0 N–H and O–H groups in total. The van der Waals surface area contributed by atoms with Crippen LogP contribution in [0.15, 0.2) is 12.7 Å². The number of rotatable bonds is 7. The second kappa shape index (κ2) is 6.94. The van der Waals surface area contributed by atoms with Gasteiger partial charge >= 0.3 is 0 Å². The summed E-state index contributed by atoms with van der Waals surface area (Å²) in [5.74, 6) is 0.543. The Labute approximate surface area is 116 Å². The molecule has 2 unspecified atom stereocenters. The molecule has 1 nitrogen and oxygen atoms in total. The molecule has 0 amide bonds. The summed E-state index contributed by atoms with van der Waals surface area (Å²) >= 11 is 3.47. The second-order valence-corrected chi connectivity index (χ2v) is 7.00. The van der Waals surface area contributed by atoms with Gasteiger partial charge in [0.1, 0.15) is 0 Å². The topological polar surface area (TPSA) is 9.23 Å². The second-order valence-electron chi connectivity index (χ2n) is 6.36. The van der Waals surface area contributed by atoms with Crippen molar-refractivity contribution in [1.82, 2.24) is 0 Å². The standard InChI is InChI=1S/C15H29BrO/c1-8-10-13(14(3,4)5)15(6,7)17-12(9-2)11-16/h9,12-13H,2,8,10-11H2,1,3-7H3. The van der Waals surface area contributed by atoms with E-state index in [0.29, 0.717) is 5.92 Å². The molecule has 0 aliphatic carbocycles. The van der Waals surface area contributed by atoms with Crippen molar-refractivity contribution in [3.05, 3.63) is 12.7 Å². The Morgan fingerprint density at radius 1 is 1.24 bits per heavy atom. The number of hydrogen-bond acceptors (Lipinski definition) is 1. The van der Waals surface area contributed by atoms with Gasteiger partial charge in [-0.2, -0.15) is 0 Å². The summed E-state index contributed by atoms with van der Waals surface area (Å²) in [5.41, 5.74) is 0.137. The molecule has 0 saturated heterocycles. The maximum absolute atomic E-state index is 6.21. The predicted molar refractivity (Wildman–Crippen MR) is 80.8 cm³/mol. The van der Waals surface area contributed by atoms with Gasteiger partial charge in [-0.15, -0.1) is 6.58 Å². The average Bonchev–Trinajstić information content (AvgIpc) is 2.20. The van der Waals surface area contributed by atoms with Crippen molar-refractivity contribution >= 4 is 15.9 Å². The number of alkyl halides is 1. The summed E-state index contributed by atoms with van der Waals surface area (Å²) in [6, 6.07) is 0. The molecule has 0 aromatic heterocycles. The van der Waals surface area contributed by atoms with Gasteiger partial charge in [0.25, 0.3) is 0 Å². The van der Waals surface area contributed by atoms with Crippen LogP contribution in [0.25, 0.3) is 0 Å². The van der Waals surface area contributed by atoms with Crippen LogP contribution in [0.1, 0.15) is 54.4 Å². The van der Waals surface area contributed by atoms with E-state index >= 15 is 0 Å². The highest BCUT2D eigenvalue weighted by molar-refractivity contribution is 9.09. The third kappa shape index (κ3) is 5.56. The molecule has 102 valence electrons. The van der Waals surface area contributed by atoms with Crippen LogP contribution in [-0.2, 0) is 4.74 Å². The number of hydrogen-bond donors (Lipinski definition) is 0. The molecule has 0 radical (unpaired) electrons. The normalized spacial score (nSPS) is 16.6. The third-order valence-corrected chi connectivity index (χ3v) is 3.97. The van der Waals surface area contributed by atoms with E-state index in [1.165, 1.54) is 12.8 Å². The SMILES string of the molecule is C=CC(CBr)OC(C)(C)C(CCC)C(C)(C)C. The molecule has 0 aromatic carbocycles. The Bertz CT molecular complexity index is 228. The fourth-order valence-corrected chi connectivity index (χ4v) is 3.12. The fraction of sp³-hybridized carbons (Fsp3) is 0.867. The number of halogens is 1. The highest BCUT2D eigenvalue weighted by Gasteiger charge is 2.39. The van der Waals surface area contributed by atoms with Crippen molar-refractivity contribution < 1.29 is 4.74 Å². The van der Waals surface area contributed by atoms with Crippen LogP contribution in [0.5, 0.6) is 0 Å². The van der Waals surface area contributed by atoms with Gasteiger partial charge in [-0.05, 0) is 31.6 Å². The zero-order valence-electron chi connectivity index (χ0n) is 12.3. The molecule has 0 bridgehead atoms. The molecule has 0 rings (SSSR count). The van der Waals surface area contributed by atoms with E-state index in [0.717, 1.165) is 5.33 Å². The van der Waals surface area contributed by atoms with Gasteiger partial charge in [0.05, 0.1) is 11.7 Å². The van der Waals surface area contributed by atoms with Crippen LogP contribution in [0.4, 0.5) is 0 Å². The van der Waals surface area contributed by atoms with Crippen LogP contribution >= 0.6 is 15.9 Å². The van der Waals surface area contributed by atoms with Crippen molar-refractivity contribution in [3.8, 4) is 0 Å². The Balaban J connectivity index is 4.88. The van der Waals surface area contributed by atoms with Crippen molar-refractivity contribution in [2.45, 2.75) is 66.1 Å². The third-order valence-electron chi connectivity index (χ3n) is 3.33. The highest BCUT2D eigenvalue weighted by atomic mass is 79.9. The Hall–Kier alpha value is 0.180. The van der Waals surface area contributed by atoms with E-state index in [1.807, 2.05) is 6.08 Å². The van der Waals surface area contributed by atoms with Gasteiger partial charge in [-0.3, -0.25) is 0 Å². The van der Waals surface area contributed by atoms with Gasteiger partial charge in [-0.25, -0.2) is 0 Å². The minimum atomic E-state index is -0.124. The van der Waals surface area contributed by atoms with Gasteiger partial charge in [0, 0.05) is 5.33 Å². The van der Waals surface area contributed by atoms with E-state index in [2.05, 4.69) is 64.1 Å². The van der Waals surface area contributed by atoms with Crippen molar-refractivity contribution in [2.24, 2.45) is 11.3 Å². The predicted octanol–water partition coefficient (Wildman–Crippen LogP) is 5.19. The molecule has 17 heavy (non-hydrogen) atoms. The van der Waals surface area contributed by atoms with Gasteiger partial charge in [0.2, 0.25) is 0 Å². The maximum Gasteiger partial charge on any atom is 0.0857 e. The fourth-order valence-electron chi connectivity index (χ4n) is 2.73. The summed E-state index contributed by atoms with van der Waals surface area (Å²) < 4.78 is 6.21. The molecule has 0 saturated carbocycles. The van der Waals surface area contributed by atoms with Crippen LogP contribution in [0.2, 0.25) is 0 Å². The Kier molecular flexibility index (Phi) is 7.01. The first kappa shape index (κ1) is 17.2. The molecule has 2 heteroatoms. The van der Waals surface area contributed by atoms with Crippen LogP contribution < -0.4 is 0 Å². The van der Waals surface area contributed by atoms with Crippen LogP contribution in [0, 0.1) is 11.3 Å². The van der Waals surface area contributed by atoms with E-state index in [1.54, 1.807) is 0 Å². The molecular weight excluding hydrogens is 276 g/mol. The summed E-state index contributed by atoms with van der Waals surface area (Å²) in [4.78, 5) is 0. The van der Waals surface area contributed by atoms with E-state index in [4.69, 9.17) is 4.74 Å². The largest absolute Gasteiger partial charge is 0.367 e. The molecule has 0 aliphatic heterocycles. The average molecular weight is 305 g/mol. The van der Waals surface area contributed by atoms with Crippen LogP contribution in [0.3, 0.4) is 0 Å². The summed E-state index contributed by atoms with van der Waals surface area (Å²) in [6.07, 6.45) is 4.36. The molecule has 0 fully saturated rings. The summed E-state index contributed by atoms with van der Waals surface area (Å²) in [6.45, 7) is 17.4. The minimum Gasteiger partial charge on any atom is -0.367 e. The van der Waals surface area contributed by atoms with E-state index < -0.39 is 0 Å². The molecule has 0 aliphatic rings. The molecule has 0 aromatic rings. The zero-order chi connectivity index (χ0) is 13.7. The maximum atomic E-state index is 6.21. The molecular formula is C15H29BrO. The van der Waals surface area contributed by atoms with E-state index in [-0.39, 0.29) is 17.1 Å². The van der Waals surface area contributed by atoms with Gasteiger partial charge < -0.3 is 4.74 Å². The summed E-state index contributed by atoms with van der Waals surface area (Å²) in [7, 11) is 0. The first-order chi connectivity index (χ1) is 7.69. The monoisotopic (exact) mass is 304 g/mol. The molecule has 2 atom stereocenters. The minimum absolute atomic E-state index is 0.0895. The lowest BCUT2D eigenvalue weighted by Crippen LogP contribution is -2.44. The van der Waals surface area contributed by atoms with Crippen LogP contribution in [-0.4, -0.2) is 17.0 Å². The van der Waals surface area contributed by atoms with Crippen molar-refractivity contribution in [2.75, 3.05) is 5.33 Å². The lowest BCUT2D eigenvalue weighted by Gasteiger charge is -2.44. The van der Waals surface area contributed by atoms with Gasteiger partial charge in [-0.1, -0.05) is 56.1 Å². The van der Waals surface area contributed by atoms with Crippen molar-refractivity contribution in [3.63, 3.8) is 0 Å². The Morgan fingerprint density at radius 2 is 1.76 bits per heavy atom. The van der Waals surface area contributed by atoms with Crippen molar-refractivity contribution in [1.29, 1.82) is 0 Å². The lowest BCUT2D eigenvalue weighted by atomic mass is 9.69. The smallest absolute Gasteiger partial charge is 0.0857 e. The zero-order valence-corrected chi connectivity index (χ0v) is 13.9. The number of ether oxygens (including phenoxy) is 1. The van der Waals surface area contributed by atoms with Gasteiger partial charge in [0.15, 0.2) is 0 Å². The Morgan fingerprint density at radius 3 is 2.06 bits per heavy atom. The molecule has 0 heterocycles. The molecule has 0 spiro atoms. The quantitative estimate of drug-likeness (QED) is 0.464. The highest BCUT2D eigenvalue weighted by Crippen LogP contribution is 2.40.